The Kier molecular flexibility index (Phi) is 6.89. The average Bonchev–Trinajstić information content (AvgIpc) is 3.19. The van der Waals surface area contributed by atoms with Crippen LogP contribution in [0.1, 0.15) is 30.8 Å². The van der Waals surface area contributed by atoms with Gasteiger partial charge in [0.05, 0.1) is 18.1 Å². The number of carbonyl (C=O) groups excluding carboxylic acids is 1. The van der Waals surface area contributed by atoms with E-state index in [9.17, 15) is 4.79 Å². The van der Waals surface area contributed by atoms with Crippen molar-refractivity contribution in [3.63, 3.8) is 0 Å². The third-order valence-electron chi connectivity index (χ3n) is 5.66. The predicted octanol–water partition coefficient (Wildman–Crippen LogP) is 5.65. The van der Waals surface area contributed by atoms with Gasteiger partial charge in [-0.25, -0.2) is 4.98 Å². The van der Waals surface area contributed by atoms with Gasteiger partial charge in [-0.2, -0.15) is 0 Å². The summed E-state index contributed by atoms with van der Waals surface area (Å²) >= 11 is 0. The number of para-hydroxylation sites is 2. The molecule has 33 heavy (non-hydrogen) atoms. The Bertz CT molecular complexity index is 1240. The molecule has 0 aliphatic carbocycles. The van der Waals surface area contributed by atoms with Gasteiger partial charge in [0.15, 0.2) is 0 Å². The minimum Gasteiger partial charge on any atom is -0.497 e. The summed E-state index contributed by atoms with van der Waals surface area (Å²) in [5.41, 5.74) is 3.98. The Labute approximate surface area is 194 Å². The topological polar surface area (TPSA) is 47.4 Å². The molecule has 4 aromatic rings. The first-order valence-corrected chi connectivity index (χ1v) is 11.2. The maximum absolute atomic E-state index is 13.4. The Morgan fingerprint density at radius 1 is 0.970 bits per heavy atom. The quantitative estimate of drug-likeness (QED) is 0.356. The van der Waals surface area contributed by atoms with Gasteiger partial charge in [0, 0.05) is 12.6 Å². The van der Waals surface area contributed by atoms with E-state index in [0.717, 1.165) is 33.7 Å². The molecule has 5 heteroatoms. The summed E-state index contributed by atoms with van der Waals surface area (Å²) in [6.07, 6.45) is 3.97. The number of carbonyl (C=O) groups is 1. The number of imidazole rings is 1. The van der Waals surface area contributed by atoms with Gasteiger partial charge in [-0.15, -0.1) is 0 Å². The number of hydrogen-bond donors (Lipinski definition) is 0. The summed E-state index contributed by atoms with van der Waals surface area (Å²) in [7, 11) is 1.66. The maximum atomic E-state index is 13.4. The zero-order chi connectivity index (χ0) is 23.2. The van der Waals surface area contributed by atoms with Crippen molar-refractivity contribution >= 4 is 29.1 Å². The van der Waals surface area contributed by atoms with Gasteiger partial charge in [-0.1, -0.05) is 60.7 Å². The second-order valence-corrected chi connectivity index (χ2v) is 8.25. The predicted molar refractivity (Wildman–Crippen MR) is 134 cm³/mol. The molecule has 4 rings (SSSR count). The van der Waals surface area contributed by atoms with Crippen molar-refractivity contribution in [1.82, 2.24) is 14.5 Å². The fraction of sp³-hybridized carbons (Fsp3) is 0.214. The van der Waals surface area contributed by atoms with E-state index in [1.807, 2.05) is 88.3 Å². The van der Waals surface area contributed by atoms with Gasteiger partial charge in [-0.3, -0.25) is 4.79 Å². The molecule has 0 aliphatic heterocycles. The van der Waals surface area contributed by atoms with Crippen LogP contribution in [-0.4, -0.2) is 33.5 Å². The fourth-order valence-corrected chi connectivity index (χ4v) is 3.84. The molecule has 0 unspecified atom stereocenters. The zero-order valence-corrected chi connectivity index (χ0v) is 19.3. The number of ether oxygens (including phenoxy) is 1. The van der Waals surface area contributed by atoms with Crippen molar-refractivity contribution in [2.75, 3.05) is 7.11 Å². The second-order valence-electron chi connectivity index (χ2n) is 8.25. The monoisotopic (exact) mass is 439 g/mol. The van der Waals surface area contributed by atoms with Crippen LogP contribution in [0.15, 0.2) is 78.9 Å². The van der Waals surface area contributed by atoms with E-state index in [-0.39, 0.29) is 18.5 Å². The highest BCUT2D eigenvalue weighted by Crippen LogP contribution is 2.20. The number of rotatable bonds is 8. The first kappa shape index (κ1) is 22.3. The van der Waals surface area contributed by atoms with Crippen molar-refractivity contribution in [3.05, 3.63) is 95.8 Å². The minimum absolute atomic E-state index is 0.0658. The molecule has 1 amide bonds. The highest BCUT2D eigenvalue weighted by molar-refractivity contribution is 5.84. The molecule has 0 atom stereocenters. The number of nitrogens with zero attached hydrogens (tertiary/aromatic N) is 3. The molecule has 168 valence electrons. The molecule has 1 aromatic heterocycles. The molecule has 1 heterocycles. The summed E-state index contributed by atoms with van der Waals surface area (Å²) in [4.78, 5) is 20.1. The molecule has 3 aromatic carbocycles. The van der Waals surface area contributed by atoms with Gasteiger partial charge in [0.25, 0.3) is 0 Å². The highest BCUT2D eigenvalue weighted by atomic mass is 16.5. The van der Waals surface area contributed by atoms with Crippen molar-refractivity contribution in [1.29, 1.82) is 0 Å². The van der Waals surface area contributed by atoms with E-state index in [4.69, 9.17) is 9.72 Å². The second kappa shape index (κ2) is 10.2. The molecule has 0 bridgehead atoms. The van der Waals surface area contributed by atoms with E-state index in [1.165, 1.54) is 0 Å². The standard InChI is InChI=1S/C28H29N3O2/c1-21(2)30(19-23-9-5-4-6-10-23)28(32)20-31-26-12-8-7-11-25(26)29-27(31)18-15-22-13-16-24(33-3)17-14-22/h4-18,21H,19-20H2,1-3H3/b18-15+. The number of benzene rings is 3. The summed E-state index contributed by atoms with van der Waals surface area (Å²) in [6, 6.07) is 26.0. The van der Waals surface area contributed by atoms with Gasteiger partial charge in [0.2, 0.25) is 5.91 Å². The van der Waals surface area contributed by atoms with Crippen LogP contribution in [0.5, 0.6) is 5.75 Å². The van der Waals surface area contributed by atoms with Crippen LogP contribution in [0.4, 0.5) is 0 Å². The first-order chi connectivity index (χ1) is 16.0. The van der Waals surface area contributed by atoms with E-state index in [1.54, 1.807) is 7.11 Å². The fourth-order valence-electron chi connectivity index (χ4n) is 3.84. The Balaban J connectivity index is 1.62. The van der Waals surface area contributed by atoms with Crippen molar-refractivity contribution in [3.8, 4) is 5.75 Å². The minimum atomic E-state index is 0.0658. The van der Waals surface area contributed by atoms with E-state index < -0.39 is 0 Å². The Hall–Kier alpha value is -3.86. The zero-order valence-electron chi connectivity index (χ0n) is 19.3. The molecule has 0 fully saturated rings. The lowest BCUT2D eigenvalue weighted by Gasteiger charge is -2.27. The van der Waals surface area contributed by atoms with Crippen molar-refractivity contribution in [2.45, 2.75) is 33.0 Å². The largest absolute Gasteiger partial charge is 0.497 e. The van der Waals surface area contributed by atoms with Gasteiger partial charge >= 0.3 is 0 Å². The summed E-state index contributed by atoms with van der Waals surface area (Å²) in [5.74, 6) is 1.64. The summed E-state index contributed by atoms with van der Waals surface area (Å²) in [6.45, 7) is 4.92. The van der Waals surface area contributed by atoms with Crippen LogP contribution < -0.4 is 4.74 Å². The smallest absolute Gasteiger partial charge is 0.243 e. The number of fused-ring (bicyclic) bond motifs is 1. The van der Waals surface area contributed by atoms with Gasteiger partial charge in [-0.05, 0) is 55.3 Å². The molecule has 0 saturated carbocycles. The number of hydrogen-bond acceptors (Lipinski definition) is 3. The molecule has 0 radical (unpaired) electrons. The lowest BCUT2D eigenvalue weighted by atomic mass is 10.2. The highest BCUT2D eigenvalue weighted by Gasteiger charge is 2.20. The van der Waals surface area contributed by atoms with E-state index in [2.05, 4.69) is 26.0 Å². The molecular weight excluding hydrogens is 410 g/mol. The molecule has 0 N–H and O–H groups in total. The Morgan fingerprint density at radius 3 is 2.36 bits per heavy atom. The number of methoxy groups -OCH3 is 1. The molecule has 0 spiro atoms. The maximum Gasteiger partial charge on any atom is 0.243 e. The normalized spacial score (nSPS) is 11.4. The van der Waals surface area contributed by atoms with Gasteiger partial charge < -0.3 is 14.2 Å². The van der Waals surface area contributed by atoms with Crippen LogP contribution in [-0.2, 0) is 17.9 Å². The summed E-state index contributed by atoms with van der Waals surface area (Å²) in [5, 5.41) is 0. The Morgan fingerprint density at radius 2 is 1.67 bits per heavy atom. The molecule has 0 aliphatic rings. The van der Waals surface area contributed by atoms with Gasteiger partial charge in [0.1, 0.15) is 18.1 Å². The van der Waals surface area contributed by atoms with Crippen LogP contribution in [0.25, 0.3) is 23.2 Å². The molecular formula is C28H29N3O2. The van der Waals surface area contributed by atoms with Crippen LogP contribution >= 0.6 is 0 Å². The number of aromatic nitrogens is 2. The van der Waals surface area contributed by atoms with Crippen molar-refractivity contribution in [2.24, 2.45) is 0 Å². The third kappa shape index (κ3) is 5.32. The molecule has 0 saturated heterocycles. The third-order valence-corrected chi connectivity index (χ3v) is 5.66. The first-order valence-electron chi connectivity index (χ1n) is 11.2. The van der Waals surface area contributed by atoms with Crippen LogP contribution in [0.3, 0.4) is 0 Å². The lowest BCUT2D eigenvalue weighted by Crippen LogP contribution is -2.38. The number of amides is 1. The van der Waals surface area contributed by atoms with Crippen LogP contribution in [0.2, 0.25) is 0 Å². The van der Waals surface area contributed by atoms with Crippen LogP contribution in [0, 0.1) is 0 Å². The van der Waals surface area contributed by atoms with E-state index in [0.29, 0.717) is 6.54 Å². The van der Waals surface area contributed by atoms with E-state index >= 15 is 0 Å². The van der Waals surface area contributed by atoms with Crippen molar-refractivity contribution < 1.29 is 9.53 Å². The SMILES string of the molecule is COc1ccc(/C=C/c2nc3ccccc3n2CC(=O)N(Cc2ccccc2)C(C)C)cc1. The average molecular weight is 440 g/mol. The lowest BCUT2D eigenvalue weighted by molar-refractivity contribution is -0.134. The summed E-state index contributed by atoms with van der Waals surface area (Å²) < 4.78 is 7.23. The molecule has 5 nitrogen and oxygen atoms in total.